The van der Waals surface area contributed by atoms with E-state index in [1.54, 1.807) is 0 Å². The normalized spacial score (nSPS) is 20.1. The first-order valence-corrected chi connectivity index (χ1v) is 12.3. The fourth-order valence-corrected chi connectivity index (χ4v) is 4.60. The van der Waals surface area contributed by atoms with Gasteiger partial charge in [-0.1, -0.05) is 81.6 Å². The molecule has 1 saturated carbocycles. The maximum absolute atomic E-state index is 2.70. The molecule has 0 atom stereocenters. The molecule has 1 aliphatic carbocycles. The molecule has 0 amide bonds. The molecule has 2 rings (SSSR count). The van der Waals surface area contributed by atoms with E-state index in [0.29, 0.717) is 5.41 Å². The quantitative estimate of drug-likeness (QED) is 0.386. The SMILES string of the molecule is CC(C)C.CC(C)CC1(C)CC1.CCCCN1CCC(CCC)(CCC)C1. The highest BCUT2D eigenvalue weighted by molar-refractivity contribution is 4.89. The minimum Gasteiger partial charge on any atom is -0.303 e. The molecule has 2 fully saturated rings. The first-order valence-electron chi connectivity index (χ1n) is 12.3. The van der Waals surface area contributed by atoms with E-state index in [9.17, 15) is 0 Å². The van der Waals surface area contributed by atoms with E-state index in [4.69, 9.17) is 0 Å². The lowest BCUT2D eigenvalue weighted by Crippen LogP contribution is -2.28. The molecular weight excluding hydrogens is 326 g/mol. The van der Waals surface area contributed by atoms with Gasteiger partial charge in [0.15, 0.2) is 0 Å². The Labute approximate surface area is 174 Å². The van der Waals surface area contributed by atoms with Crippen molar-refractivity contribution in [2.75, 3.05) is 19.6 Å². The minimum absolute atomic E-state index is 0.692. The molecule has 27 heavy (non-hydrogen) atoms. The summed E-state index contributed by atoms with van der Waals surface area (Å²) < 4.78 is 0. The average Bonchev–Trinajstić information content (AvgIpc) is 3.13. The average molecular weight is 382 g/mol. The third-order valence-corrected chi connectivity index (χ3v) is 5.91. The zero-order chi connectivity index (χ0) is 20.9. The molecular formula is C26H55N. The van der Waals surface area contributed by atoms with Gasteiger partial charge in [0.1, 0.15) is 0 Å². The summed E-state index contributed by atoms with van der Waals surface area (Å²) in [6, 6.07) is 0. The van der Waals surface area contributed by atoms with Gasteiger partial charge in [-0.25, -0.2) is 0 Å². The van der Waals surface area contributed by atoms with Crippen LogP contribution in [0.15, 0.2) is 0 Å². The molecule has 0 aromatic carbocycles. The van der Waals surface area contributed by atoms with Gasteiger partial charge >= 0.3 is 0 Å². The van der Waals surface area contributed by atoms with Crippen LogP contribution in [0.4, 0.5) is 0 Å². The van der Waals surface area contributed by atoms with Gasteiger partial charge in [0.2, 0.25) is 0 Å². The molecule has 1 aliphatic heterocycles. The van der Waals surface area contributed by atoms with E-state index in [1.165, 1.54) is 83.8 Å². The van der Waals surface area contributed by atoms with Gasteiger partial charge in [-0.15, -0.1) is 0 Å². The molecule has 0 radical (unpaired) electrons. The second-order valence-electron chi connectivity index (χ2n) is 11.0. The van der Waals surface area contributed by atoms with E-state index in [1.807, 2.05) is 0 Å². The van der Waals surface area contributed by atoms with E-state index < -0.39 is 0 Å². The molecule has 2 aliphatic rings. The molecule has 1 heteroatoms. The van der Waals surface area contributed by atoms with Gasteiger partial charge in [-0.2, -0.15) is 0 Å². The van der Waals surface area contributed by atoms with Crippen molar-refractivity contribution >= 4 is 0 Å². The van der Waals surface area contributed by atoms with E-state index in [-0.39, 0.29) is 0 Å². The Hall–Kier alpha value is -0.0400. The zero-order valence-corrected chi connectivity index (χ0v) is 20.8. The maximum Gasteiger partial charge on any atom is 0.00384 e. The van der Waals surface area contributed by atoms with Gasteiger partial charge < -0.3 is 4.90 Å². The highest BCUT2D eigenvalue weighted by Gasteiger charge is 2.37. The number of hydrogen-bond donors (Lipinski definition) is 0. The molecule has 164 valence electrons. The van der Waals surface area contributed by atoms with Crippen LogP contribution in [0.5, 0.6) is 0 Å². The summed E-state index contributed by atoms with van der Waals surface area (Å²) in [5.41, 5.74) is 1.46. The van der Waals surface area contributed by atoms with Crippen molar-refractivity contribution in [2.24, 2.45) is 22.7 Å². The number of hydrogen-bond acceptors (Lipinski definition) is 1. The van der Waals surface area contributed by atoms with Crippen molar-refractivity contribution in [1.82, 2.24) is 4.90 Å². The summed E-state index contributed by atoms with van der Waals surface area (Å²) in [5.74, 6) is 1.74. The fourth-order valence-electron chi connectivity index (χ4n) is 4.60. The number of rotatable bonds is 9. The standard InChI is InChI=1S/C14H29N.C8H16.C4H10/c1-4-7-11-15-12-10-14(13-15,8-5-2)9-6-3;1-7(2)6-8(3)4-5-8;1-4(2)3/h4-13H2,1-3H3;7H,4-6H2,1-3H3;4H,1-3H3. The second-order valence-corrected chi connectivity index (χ2v) is 11.0. The second kappa shape index (κ2) is 14.0. The smallest absolute Gasteiger partial charge is 0.00384 e. The summed E-state index contributed by atoms with van der Waals surface area (Å²) in [7, 11) is 0. The lowest BCUT2D eigenvalue weighted by Gasteiger charge is -2.29. The van der Waals surface area contributed by atoms with Gasteiger partial charge in [0, 0.05) is 6.54 Å². The van der Waals surface area contributed by atoms with Crippen LogP contribution in [0, 0.1) is 22.7 Å². The first kappa shape index (κ1) is 27.0. The summed E-state index contributed by atoms with van der Waals surface area (Å²) in [4.78, 5) is 2.70. The predicted octanol–water partition coefficient (Wildman–Crippen LogP) is 8.57. The van der Waals surface area contributed by atoms with Crippen molar-refractivity contribution in [3.8, 4) is 0 Å². The van der Waals surface area contributed by atoms with Crippen molar-refractivity contribution < 1.29 is 0 Å². The van der Waals surface area contributed by atoms with Crippen LogP contribution >= 0.6 is 0 Å². The molecule has 0 bridgehead atoms. The van der Waals surface area contributed by atoms with Crippen LogP contribution in [0.1, 0.15) is 127 Å². The Morgan fingerprint density at radius 3 is 1.67 bits per heavy atom. The Kier molecular flexibility index (Phi) is 14.0. The Morgan fingerprint density at radius 2 is 1.33 bits per heavy atom. The highest BCUT2D eigenvalue weighted by Crippen LogP contribution is 2.49. The molecule has 0 N–H and O–H groups in total. The summed E-state index contributed by atoms with van der Waals surface area (Å²) in [6.07, 6.45) is 14.2. The van der Waals surface area contributed by atoms with Crippen LogP contribution in [0.3, 0.4) is 0 Å². The van der Waals surface area contributed by atoms with Crippen LogP contribution in [-0.4, -0.2) is 24.5 Å². The Bertz CT molecular complexity index is 331. The fraction of sp³-hybridized carbons (Fsp3) is 1.00. The molecule has 1 heterocycles. The maximum atomic E-state index is 2.70. The van der Waals surface area contributed by atoms with Crippen molar-refractivity contribution in [3.63, 3.8) is 0 Å². The van der Waals surface area contributed by atoms with E-state index >= 15 is 0 Å². The number of nitrogens with zero attached hydrogens (tertiary/aromatic N) is 1. The molecule has 0 aromatic rings. The summed E-state index contributed by atoms with van der Waals surface area (Å²) in [5, 5.41) is 0. The van der Waals surface area contributed by atoms with Gasteiger partial charge in [-0.05, 0) is 80.7 Å². The summed E-state index contributed by atoms with van der Waals surface area (Å²) >= 11 is 0. The van der Waals surface area contributed by atoms with Crippen molar-refractivity contribution in [1.29, 1.82) is 0 Å². The molecule has 1 saturated heterocycles. The summed E-state index contributed by atoms with van der Waals surface area (Å²) in [6.45, 7) is 24.6. The first-order chi connectivity index (χ1) is 12.6. The van der Waals surface area contributed by atoms with E-state index in [2.05, 4.69) is 67.2 Å². The number of unbranched alkanes of at least 4 members (excludes halogenated alkanes) is 1. The van der Waals surface area contributed by atoms with Crippen molar-refractivity contribution in [3.05, 3.63) is 0 Å². The Morgan fingerprint density at radius 1 is 0.815 bits per heavy atom. The Balaban J connectivity index is 0.000000468. The monoisotopic (exact) mass is 381 g/mol. The lowest BCUT2D eigenvalue weighted by molar-refractivity contribution is 0.219. The highest BCUT2D eigenvalue weighted by atomic mass is 15.2. The van der Waals surface area contributed by atoms with Crippen LogP contribution in [0.2, 0.25) is 0 Å². The molecule has 0 aromatic heterocycles. The van der Waals surface area contributed by atoms with Gasteiger partial charge in [0.25, 0.3) is 0 Å². The zero-order valence-electron chi connectivity index (χ0n) is 20.8. The third-order valence-electron chi connectivity index (χ3n) is 5.91. The minimum atomic E-state index is 0.692. The topological polar surface area (TPSA) is 3.24 Å². The molecule has 1 nitrogen and oxygen atoms in total. The largest absolute Gasteiger partial charge is 0.303 e. The number of likely N-dealkylation sites (tertiary alicyclic amines) is 1. The van der Waals surface area contributed by atoms with Crippen LogP contribution in [-0.2, 0) is 0 Å². The predicted molar refractivity (Wildman–Crippen MR) is 126 cm³/mol. The van der Waals surface area contributed by atoms with Gasteiger partial charge in [0.05, 0.1) is 0 Å². The lowest BCUT2D eigenvalue weighted by atomic mass is 9.79. The van der Waals surface area contributed by atoms with Crippen LogP contribution < -0.4 is 0 Å². The van der Waals surface area contributed by atoms with E-state index in [0.717, 1.165) is 17.3 Å². The van der Waals surface area contributed by atoms with Crippen molar-refractivity contribution in [2.45, 2.75) is 127 Å². The molecule has 0 spiro atoms. The van der Waals surface area contributed by atoms with Crippen LogP contribution in [0.25, 0.3) is 0 Å². The molecule has 0 unspecified atom stereocenters. The third kappa shape index (κ3) is 13.7. The van der Waals surface area contributed by atoms with Gasteiger partial charge in [-0.3, -0.25) is 0 Å².